The SMILES string of the molecule is C#CCN(C)C1CC(C)(C)OC1=O. The molecule has 0 bridgehead atoms. The summed E-state index contributed by atoms with van der Waals surface area (Å²) in [7, 11) is 1.84. The maximum Gasteiger partial charge on any atom is 0.324 e. The van der Waals surface area contributed by atoms with Crippen molar-refractivity contribution in [3.8, 4) is 12.3 Å². The largest absolute Gasteiger partial charge is 0.458 e. The van der Waals surface area contributed by atoms with Gasteiger partial charge in [0.05, 0.1) is 6.54 Å². The van der Waals surface area contributed by atoms with E-state index < -0.39 is 0 Å². The lowest BCUT2D eigenvalue weighted by Gasteiger charge is -2.18. The molecule has 1 unspecified atom stereocenters. The van der Waals surface area contributed by atoms with Crippen LogP contribution in [0.5, 0.6) is 0 Å². The number of carbonyl (C=O) groups excluding carboxylic acids is 1. The predicted octanol–water partition coefficient (Wildman–Crippen LogP) is 0.645. The summed E-state index contributed by atoms with van der Waals surface area (Å²) in [6.45, 7) is 4.30. The van der Waals surface area contributed by atoms with Gasteiger partial charge < -0.3 is 4.74 Å². The summed E-state index contributed by atoms with van der Waals surface area (Å²) in [6.07, 6.45) is 5.88. The quantitative estimate of drug-likeness (QED) is 0.462. The van der Waals surface area contributed by atoms with Gasteiger partial charge in [0.1, 0.15) is 11.6 Å². The van der Waals surface area contributed by atoms with E-state index in [1.807, 2.05) is 25.8 Å². The lowest BCUT2D eigenvalue weighted by molar-refractivity contribution is -0.148. The molecule has 1 saturated heterocycles. The first-order valence-corrected chi connectivity index (χ1v) is 4.33. The number of esters is 1. The standard InChI is InChI=1S/C10H15NO2/c1-5-6-11(4)8-7-10(2,3)13-9(8)12/h1,8H,6-7H2,2-4H3. The maximum atomic E-state index is 11.4. The van der Waals surface area contributed by atoms with Crippen molar-refractivity contribution in [1.82, 2.24) is 4.90 Å². The molecule has 72 valence electrons. The summed E-state index contributed by atoms with van der Waals surface area (Å²) < 4.78 is 5.18. The van der Waals surface area contributed by atoms with E-state index in [1.54, 1.807) is 0 Å². The Morgan fingerprint density at radius 1 is 1.77 bits per heavy atom. The van der Waals surface area contributed by atoms with E-state index in [0.29, 0.717) is 13.0 Å². The van der Waals surface area contributed by atoms with Gasteiger partial charge in [-0.1, -0.05) is 5.92 Å². The molecule has 13 heavy (non-hydrogen) atoms. The first-order valence-electron chi connectivity index (χ1n) is 4.33. The second kappa shape index (κ2) is 3.39. The molecule has 0 aliphatic carbocycles. The minimum absolute atomic E-state index is 0.164. The van der Waals surface area contributed by atoms with Gasteiger partial charge in [-0.15, -0.1) is 6.42 Å². The van der Waals surface area contributed by atoms with Crippen LogP contribution in [0.2, 0.25) is 0 Å². The van der Waals surface area contributed by atoms with E-state index in [2.05, 4.69) is 5.92 Å². The Balaban J connectivity index is 2.63. The van der Waals surface area contributed by atoms with Gasteiger partial charge in [0.15, 0.2) is 0 Å². The summed E-state index contributed by atoms with van der Waals surface area (Å²) >= 11 is 0. The molecule has 0 amide bonds. The van der Waals surface area contributed by atoms with Crippen LogP contribution in [-0.2, 0) is 9.53 Å². The molecule has 1 heterocycles. The van der Waals surface area contributed by atoms with Crippen molar-refractivity contribution in [1.29, 1.82) is 0 Å². The molecule has 3 heteroatoms. The molecule has 1 rings (SSSR count). The number of likely N-dealkylation sites (N-methyl/N-ethyl adjacent to an activating group) is 1. The molecule has 1 fully saturated rings. The number of carbonyl (C=O) groups is 1. The van der Waals surface area contributed by atoms with E-state index in [4.69, 9.17) is 11.2 Å². The van der Waals surface area contributed by atoms with Gasteiger partial charge in [0.25, 0.3) is 0 Å². The molecule has 0 aromatic carbocycles. The average Bonchev–Trinajstić information content (AvgIpc) is 2.25. The highest BCUT2D eigenvalue weighted by Crippen LogP contribution is 2.28. The number of hydrogen-bond acceptors (Lipinski definition) is 3. The van der Waals surface area contributed by atoms with Crippen LogP contribution in [0.4, 0.5) is 0 Å². The molecule has 0 spiro atoms. The Hall–Kier alpha value is -1.01. The Kier molecular flexibility index (Phi) is 2.63. The minimum Gasteiger partial charge on any atom is -0.458 e. The van der Waals surface area contributed by atoms with Crippen LogP contribution in [0.25, 0.3) is 0 Å². The highest BCUT2D eigenvalue weighted by atomic mass is 16.6. The Labute approximate surface area is 79.1 Å². The van der Waals surface area contributed by atoms with Crippen LogP contribution < -0.4 is 0 Å². The van der Waals surface area contributed by atoms with Crippen molar-refractivity contribution in [3.63, 3.8) is 0 Å². The number of terminal acetylenes is 1. The molecule has 0 N–H and O–H groups in total. The lowest BCUT2D eigenvalue weighted by atomic mass is 10.0. The van der Waals surface area contributed by atoms with Crippen LogP contribution in [-0.4, -0.2) is 36.1 Å². The third kappa shape index (κ3) is 2.22. The maximum absolute atomic E-state index is 11.4. The monoisotopic (exact) mass is 181 g/mol. The highest BCUT2D eigenvalue weighted by molar-refractivity contribution is 5.78. The molecule has 0 aromatic heterocycles. The normalized spacial score (nSPS) is 25.8. The van der Waals surface area contributed by atoms with Crippen LogP contribution in [0.15, 0.2) is 0 Å². The lowest BCUT2D eigenvalue weighted by Crippen LogP contribution is -2.35. The number of cyclic esters (lactones) is 1. The van der Waals surface area contributed by atoms with Crippen molar-refractivity contribution in [2.24, 2.45) is 0 Å². The molecule has 0 aromatic rings. The number of hydrogen-bond donors (Lipinski definition) is 0. The summed E-state index contributed by atoms with van der Waals surface area (Å²) in [6, 6.07) is -0.175. The first-order chi connectivity index (χ1) is 5.96. The van der Waals surface area contributed by atoms with Crippen molar-refractivity contribution in [3.05, 3.63) is 0 Å². The predicted molar refractivity (Wildman–Crippen MR) is 50.0 cm³/mol. The second-order valence-electron chi connectivity index (χ2n) is 4.02. The zero-order chi connectivity index (χ0) is 10.1. The van der Waals surface area contributed by atoms with E-state index in [9.17, 15) is 4.79 Å². The summed E-state index contributed by atoms with van der Waals surface area (Å²) in [5, 5.41) is 0. The third-order valence-corrected chi connectivity index (χ3v) is 2.21. The smallest absolute Gasteiger partial charge is 0.324 e. The van der Waals surface area contributed by atoms with Crippen LogP contribution in [0, 0.1) is 12.3 Å². The molecular weight excluding hydrogens is 166 g/mol. The molecule has 1 aliphatic rings. The molecular formula is C10H15NO2. The van der Waals surface area contributed by atoms with E-state index in [0.717, 1.165) is 0 Å². The fourth-order valence-electron chi connectivity index (χ4n) is 1.52. The van der Waals surface area contributed by atoms with Gasteiger partial charge in [0.2, 0.25) is 0 Å². The number of nitrogens with zero attached hydrogens (tertiary/aromatic N) is 1. The molecule has 1 atom stereocenters. The fraction of sp³-hybridized carbons (Fsp3) is 0.700. The number of rotatable bonds is 2. The van der Waals surface area contributed by atoms with Gasteiger partial charge >= 0.3 is 5.97 Å². The Bertz CT molecular complexity index is 252. The average molecular weight is 181 g/mol. The molecule has 3 nitrogen and oxygen atoms in total. The van der Waals surface area contributed by atoms with Gasteiger partial charge in [-0.2, -0.15) is 0 Å². The van der Waals surface area contributed by atoms with E-state index >= 15 is 0 Å². The highest BCUT2D eigenvalue weighted by Gasteiger charge is 2.41. The molecule has 1 aliphatic heterocycles. The second-order valence-corrected chi connectivity index (χ2v) is 4.02. The minimum atomic E-state index is -0.343. The van der Waals surface area contributed by atoms with E-state index in [-0.39, 0.29) is 17.6 Å². The number of ether oxygens (including phenoxy) is 1. The van der Waals surface area contributed by atoms with Crippen molar-refractivity contribution in [2.45, 2.75) is 31.9 Å². The molecule has 0 radical (unpaired) electrons. The third-order valence-electron chi connectivity index (χ3n) is 2.21. The van der Waals surface area contributed by atoms with Gasteiger partial charge in [-0.3, -0.25) is 9.69 Å². The summed E-state index contributed by atoms with van der Waals surface area (Å²) in [4.78, 5) is 13.2. The van der Waals surface area contributed by atoms with Crippen molar-refractivity contribution < 1.29 is 9.53 Å². The van der Waals surface area contributed by atoms with Crippen molar-refractivity contribution >= 4 is 5.97 Å². The van der Waals surface area contributed by atoms with Gasteiger partial charge in [0, 0.05) is 6.42 Å². The van der Waals surface area contributed by atoms with Crippen LogP contribution in [0.1, 0.15) is 20.3 Å². The zero-order valence-electron chi connectivity index (χ0n) is 8.33. The van der Waals surface area contributed by atoms with Gasteiger partial charge in [-0.05, 0) is 20.9 Å². The summed E-state index contributed by atoms with van der Waals surface area (Å²) in [5.41, 5.74) is -0.343. The fourth-order valence-corrected chi connectivity index (χ4v) is 1.52. The summed E-state index contributed by atoms with van der Waals surface area (Å²) in [5.74, 6) is 2.35. The zero-order valence-corrected chi connectivity index (χ0v) is 8.33. The molecule has 0 saturated carbocycles. The van der Waals surface area contributed by atoms with Crippen molar-refractivity contribution in [2.75, 3.05) is 13.6 Å². The first kappa shape index (κ1) is 10.1. The van der Waals surface area contributed by atoms with Crippen LogP contribution >= 0.6 is 0 Å². The van der Waals surface area contributed by atoms with E-state index in [1.165, 1.54) is 0 Å². The Morgan fingerprint density at radius 3 is 2.77 bits per heavy atom. The van der Waals surface area contributed by atoms with Crippen LogP contribution in [0.3, 0.4) is 0 Å². The topological polar surface area (TPSA) is 29.5 Å². The van der Waals surface area contributed by atoms with Gasteiger partial charge in [-0.25, -0.2) is 0 Å². The Morgan fingerprint density at radius 2 is 2.38 bits per heavy atom.